The number of aliphatic carboxylic acids is 2. The molecule has 10 nitrogen and oxygen atoms in total. The molecular weight excluding hydrogens is 482 g/mol. The van der Waals surface area contributed by atoms with Crippen LogP contribution in [0.15, 0.2) is 36.4 Å². The van der Waals surface area contributed by atoms with E-state index in [4.69, 9.17) is 10.2 Å². The minimum atomic E-state index is -1.26. The maximum Gasteiger partial charge on any atom is 0.328 e. The van der Waals surface area contributed by atoms with Crippen LogP contribution in [-0.4, -0.2) is 74.4 Å². The van der Waals surface area contributed by atoms with Gasteiger partial charge in [0, 0.05) is 41.8 Å². The number of hydrogen-bond donors (Lipinski definition) is 4. The zero-order valence-electron chi connectivity index (χ0n) is 20.1. The lowest BCUT2D eigenvalue weighted by atomic mass is 10.0. The summed E-state index contributed by atoms with van der Waals surface area (Å²) in [6, 6.07) is 10.1. The first-order valence-electron chi connectivity index (χ1n) is 12.1. The zero-order chi connectivity index (χ0) is 25.7. The molecule has 2 heterocycles. The summed E-state index contributed by atoms with van der Waals surface area (Å²) in [5, 5.41) is 31.7. The van der Waals surface area contributed by atoms with Crippen molar-refractivity contribution in [1.29, 1.82) is 0 Å². The molecule has 3 fully saturated rings. The molecule has 1 amide bonds. The van der Waals surface area contributed by atoms with Gasteiger partial charge < -0.3 is 20.4 Å². The van der Waals surface area contributed by atoms with Gasteiger partial charge in [0.2, 0.25) is 5.13 Å². The van der Waals surface area contributed by atoms with Gasteiger partial charge in [-0.2, -0.15) is 0 Å². The first kappa shape index (κ1) is 25.9. The Morgan fingerprint density at radius 1 is 1.06 bits per heavy atom. The van der Waals surface area contributed by atoms with Crippen LogP contribution in [0.2, 0.25) is 0 Å². The number of amides is 1. The molecule has 1 aromatic carbocycles. The fourth-order valence-corrected chi connectivity index (χ4v) is 5.08. The van der Waals surface area contributed by atoms with Crippen LogP contribution >= 0.6 is 11.3 Å². The number of carbonyl (C=O) groups is 3. The third-order valence-electron chi connectivity index (χ3n) is 6.52. The molecule has 11 heteroatoms. The van der Waals surface area contributed by atoms with Crippen LogP contribution in [0.5, 0.6) is 0 Å². The summed E-state index contributed by atoms with van der Waals surface area (Å²) in [6.07, 6.45) is 7.64. The van der Waals surface area contributed by atoms with E-state index in [1.165, 1.54) is 62.1 Å². The normalized spacial score (nSPS) is 22.0. The van der Waals surface area contributed by atoms with Crippen molar-refractivity contribution in [3.05, 3.63) is 52.6 Å². The molecule has 1 aliphatic heterocycles. The fraction of sp³-hybridized carbons (Fsp3) is 0.480. The van der Waals surface area contributed by atoms with Gasteiger partial charge in [-0.15, -0.1) is 10.2 Å². The smallest absolute Gasteiger partial charge is 0.328 e. The van der Waals surface area contributed by atoms with E-state index in [0.717, 1.165) is 11.0 Å². The Morgan fingerprint density at radius 2 is 1.75 bits per heavy atom. The molecule has 1 saturated heterocycles. The van der Waals surface area contributed by atoms with Crippen LogP contribution in [-0.2, 0) is 9.59 Å². The van der Waals surface area contributed by atoms with Crippen molar-refractivity contribution in [3.63, 3.8) is 0 Å². The van der Waals surface area contributed by atoms with E-state index < -0.39 is 11.9 Å². The summed E-state index contributed by atoms with van der Waals surface area (Å²) in [6.45, 7) is 4.38. The third kappa shape index (κ3) is 7.67. The number of carbonyl (C=O) groups excluding carboxylic acids is 1. The van der Waals surface area contributed by atoms with Gasteiger partial charge in [-0.25, -0.2) is 9.59 Å². The highest BCUT2D eigenvalue weighted by Crippen LogP contribution is 2.42. The Hall–Kier alpha value is -3.15. The van der Waals surface area contributed by atoms with E-state index in [1.54, 1.807) is 0 Å². The SMILES string of the molecule is Cc1nnc(NC(=O)c2cccc(C3CC3NC3CCN(C4CC4)CC3)c2)s1.O=C(O)C=CC(=O)O. The number of carboxylic acid groups (broad SMARTS) is 2. The molecule has 0 bridgehead atoms. The molecule has 0 spiro atoms. The maximum atomic E-state index is 12.5. The van der Waals surface area contributed by atoms with E-state index >= 15 is 0 Å². The van der Waals surface area contributed by atoms with E-state index in [0.29, 0.717) is 40.8 Å². The van der Waals surface area contributed by atoms with Crippen LogP contribution in [0.4, 0.5) is 5.13 Å². The Kier molecular flexibility index (Phi) is 8.44. The number of nitrogens with zero attached hydrogens (tertiary/aromatic N) is 3. The molecular formula is C25H31N5O5S. The largest absolute Gasteiger partial charge is 0.478 e. The number of carboxylic acids is 2. The molecule has 2 atom stereocenters. The number of piperidine rings is 1. The summed E-state index contributed by atoms with van der Waals surface area (Å²) in [7, 11) is 0. The average Bonchev–Trinajstić information content (AvgIpc) is 3.78. The molecule has 36 heavy (non-hydrogen) atoms. The average molecular weight is 514 g/mol. The van der Waals surface area contributed by atoms with Crippen LogP contribution in [0.25, 0.3) is 0 Å². The molecule has 2 unspecified atom stereocenters. The number of aromatic nitrogens is 2. The van der Waals surface area contributed by atoms with Gasteiger partial charge in [0.1, 0.15) is 5.01 Å². The van der Waals surface area contributed by atoms with Crippen molar-refractivity contribution in [2.24, 2.45) is 0 Å². The second-order valence-electron chi connectivity index (χ2n) is 9.37. The monoisotopic (exact) mass is 513 g/mol. The Balaban J connectivity index is 0.000000331. The van der Waals surface area contributed by atoms with Crippen molar-refractivity contribution in [3.8, 4) is 0 Å². The van der Waals surface area contributed by atoms with Gasteiger partial charge >= 0.3 is 11.9 Å². The van der Waals surface area contributed by atoms with E-state index in [1.807, 2.05) is 25.1 Å². The second-order valence-corrected chi connectivity index (χ2v) is 10.6. The summed E-state index contributed by atoms with van der Waals surface area (Å²) >= 11 is 1.39. The number of hydrogen-bond acceptors (Lipinski definition) is 8. The van der Waals surface area contributed by atoms with Crippen LogP contribution < -0.4 is 10.6 Å². The predicted octanol–water partition coefficient (Wildman–Crippen LogP) is 2.88. The summed E-state index contributed by atoms with van der Waals surface area (Å²) < 4.78 is 0. The van der Waals surface area contributed by atoms with Crippen molar-refractivity contribution >= 4 is 34.3 Å². The number of anilines is 1. The number of nitrogens with one attached hydrogen (secondary N) is 2. The van der Waals surface area contributed by atoms with E-state index in [-0.39, 0.29) is 5.91 Å². The third-order valence-corrected chi connectivity index (χ3v) is 7.28. The van der Waals surface area contributed by atoms with Gasteiger partial charge in [0.25, 0.3) is 5.91 Å². The quantitative estimate of drug-likeness (QED) is 0.392. The van der Waals surface area contributed by atoms with Crippen LogP contribution in [0.3, 0.4) is 0 Å². The topological polar surface area (TPSA) is 145 Å². The first-order chi connectivity index (χ1) is 17.3. The Bertz CT molecular complexity index is 1110. The molecule has 1 aromatic heterocycles. The summed E-state index contributed by atoms with van der Waals surface area (Å²) in [5.74, 6) is -2.10. The number of rotatable bonds is 8. The maximum absolute atomic E-state index is 12.5. The number of likely N-dealkylation sites (tertiary alicyclic amines) is 1. The zero-order valence-corrected chi connectivity index (χ0v) is 20.9. The van der Waals surface area contributed by atoms with Crippen LogP contribution in [0.1, 0.15) is 59.0 Å². The molecule has 2 aromatic rings. The standard InChI is InChI=1S/C21H27N5OS.C4H4O4/c1-13-24-25-21(28-13)23-20(27)15-4-2-3-14(11-15)18-12-19(18)22-16-7-9-26(10-8-16)17-5-6-17;5-3(6)1-2-4(7)8/h2-4,11,16-19,22H,5-10,12H2,1H3,(H,23,25,27);1-2H,(H,5,6)(H,7,8). The highest BCUT2D eigenvalue weighted by Gasteiger charge is 2.40. The molecule has 2 saturated carbocycles. The molecule has 0 radical (unpaired) electrons. The second kappa shape index (κ2) is 11.7. The molecule has 3 aliphatic rings. The highest BCUT2D eigenvalue weighted by atomic mass is 32.1. The van der Waals surface area contributed by atoms with E-state index in [9.17, 15) is 14.4 Å². The lowest BCUT2D eigenvalue weighted by Gasteiger charge is -2.32. The van der Waals surface area contributed by atoms with Crippen molar-refractivity contribution in [1.82, 2.24) is 20.4 Å². The lowest BCUT2D eigenvalue weighted by Crippen LogP contribution is -2.44. The van der Waals surface area contributed by atoms with Gasteiger partial charge in [-0.1, -0.05) is 23.5 Å². The van der Waals surface area contributed by atoms with Crippen molar-refractivity contribution in [2.75, 3.05) is 18.4 Å². The molecule has 5 rings (SSSR count). The fourth-order valence-electron chi connectivity index (χ4n) is 4.49. The Labute approximate surface area is 213 Å². The van der Waals surface area contributed by atoms with E-state index in [2.05, 4.69) is 31.8 Å². The first-order valence-corrected chi connectivity index (χ1v) is 13.0. The van der Waals surface area contributed by atoms with Crippen molar-refractivity contribution in [2.45, 2.75) is 63.1 Å². The number of aryl methyl sites for hydroxylation is 1. The minimum absolute atomic E-state index is 0.115. The number of benzene rings is 1. The molecule has 2 aliphatic carbocycles. The van der Waals surface area contributed by atoms with Gasteiger partial charge in [0.15, 0.2) is 0 Å². The summed E-state index contributed by atoms with van der Waals surface area (Å²) in [5.41, 5.74) is 1.95. The minimum Gasteiger partial charge on any atom is -0.478 e. The lowest BCUT2D eigenvalue weighted by molar-refractivity contribution is -0.134. The van der Waals surface area contributed by atoms with Gasteiger partial charge in [-0.3, -0.25) is 10.1 Å². The van der Waals surface area contributed by atoms with Crippen LogP contribution in [0, 0.1) is 6.92 Å². The van der Waals surface area contributed by atoms with Gasteiger partial charge in [0.05, 0.1) is 0 Å². The molecule has 4 N–H and O–H groups in total. The van der Waals surface area contributed by atoms with Crippen molar-refractivity contribution < 1.29 is 24.6 Å². The summed E-state index contributed by atoms with van der Waals surface area (Å²) in [4.78, 5) is 34.3. The predicted molar refractivity (Wildman–Crippen MR) is 135 cm³/mol. The Morgan fingerprint density at radius 3 is 2.33 bits per heavy atom. The molecule has 192 valence electrons. The highest BCUT2D eigenvalue weighted by molar-refractivity contribution is 7.15. The van der Waals surface area contributed by atoms with Gasteiger partial charge in [-0.05, 0) is 69.8 Å².